The molecule has 1 saturated heterocycles. The second-order valence-electron chi connectivity index (χ2n) is 8.33. The number of nitrogens with zero attached hydrogens (tertiary/aromatic N) is 2. The summed E-state index contributed by atoms with van der Waals surface area (Å²) in [6, 6.07) is 12.8. The van der Waals surface area contributed by atoms with Gasteiger partial charge in [0, 0.05) is 25.4 Å². The summed E-state index contributed by atoms with van der Waals surface area (Å²) in [5.41, 5.74) is 1.05. The van der Waals surface area contributed by atoms with Crippen LogP contribution in [0.4, 0.5) is 4.79 Å². The van der Waals surface area contributed by atoms with Crippen molar-refractivity contribution in [1.82, 2.24) is 20.5 Å². The van der Waals surface area contributed by atoms with E-state index < -0.39 is 5.54 Å². The van der Waals surface area contributed by atoms with Gasteiger partial charge in [-0.2, -0.15) is 0 Å². The van der Waals surface area contributed by atoms with Gasteiger partial charge in [0.2, 0.25) is 5.91 Å². The zero-order valence-electron chi connectivity index (χ0n) is 18.5. The lowest BCUT2D eigenvalue weighted by Gasteiger charge is -2.19. The van der Waals surface area contributed by atoms with Crippen molar-refractivity contribution in [3.8, 4) is 5.75 Å². The Balaban J connectivity index is 1.16. The number of carbonyl (C=O) groups excluding carboxylic acids is 3. The van der Waals surface area contributed by atoms with E-state index in [0.717, 1.165) is 29.8 Å². The molecule has 2 heterocycles. The lowest BCUT2D eigenvalue weighted by Crippen LogP contribution is -2.44. The van der Waals surface area contributed by atoms with Gasteiger partial charge in [0.05, 0.1) is 5.69 Å². The third kappa shape index (κ3) is 5.58. The second kappa shape index (κ2) is 10.3. The molecule has 8 nitrogen and oxygen atoms in total. The SMILES string of the molecule is O=C(/C=C/c1ccc(OCc2ccccn2)cc1)NCCCN1C(=O)NC2(CCCC2)C1=O. The zero-order chi connectivity index (χ0) is 23.1. The Morgan fingerprint density at radius 3 is 2.67 bits per heavy atom. The minimum atomic E-state index is -0.678. The van der Waals surface area contributed by atoms with Crippen molar-refractivity contribution < 1.29 is 19.1 Å². The van der Waals surface area contributed by atoms with Crippen LogP contribution >= 0.6 is 0 Å². The number of amides is 4. The number of benzene rings is 1. The van der Waals surface area contributed by atoms with Crippen LogP contribution in [0.25, 0.3) is 6.08 Å². The Morgan fingerprint density at radius 1 is 1.15 bits per heavy atom. The summed E-state index contributed by atoms with van der Waals surface area (Å²) in [4.78, 5) is 42.3. The van der Waals surface area contributed by atoms with Crippen LogP contribution in [0, 0.1) is 0 Å². The fraction of sp³-hybridized carbons (Fsp3) is 0.360. The minimum absolute atomic E-state index is 0.122. The highest BCUT2D eigenvalue weighted by molar-refractivity contribution is 6.07. The number of rotatable bonds is 9. The Kier molecular flexibility index (Phi) is 7.02. The summed E-state index contributed by atoms with van der Waals surface area (Å²) in [5.74, 6) is 0.376. The van der Waals surface area contributed by atoms with E-state index in [1.165, 1.54) is 11.0 Å². The number of ether oxygens (including phenoxy) is 1. The summed E-state index contributed by atoms with van der Waals surface area (Å²) >= 11 is 0. The van der Waals surface area contributed by atoms with Gasteiger partial charge in [-0.05, 0) is 55.2 Å². The van der Waals surface area contributed by atoms with Crippen LogP contribution in [0.1, 0.15) is 43.4 Å². The Labute approximate surface area is 193 Å². The predicted molar refractivity (Wildman–Crippen MR) is 123 cm³/mol. The molecule has 0 bridgehead atoms. The highest BCUT2D eigenvalue weighted by Gasteiger charge is 2.51. The van der Waals surface area contributed by atoms with Crippen molar-refractivity contribution in [1.29, 1.82) is 0 Å². The lowest BCUT2D eigenvalue weighted by molar-refractivity contribution is -0.131. The Bertz CT molecular complexity index is 1010. The van der Waals surface area contributed by atoms with E-state index in [2.05, 4.69) is 15.6 Å². The number of imide groups is 1. The number of nitrogens with one attached hydrogen (secondary N) is 2. The molecule has 4 rings (SSSR count). The summed E-state index contributed by atoms with van der Waals surface area (Å²) in [7, 11) is 0. The molecule has 2 fully saturated rings. The van der Waals surface area contributed by atoms with Crippen LogP contribution in [0.2, 0.25) is 0 Å². The molecule has 33 heavy (non-hydrogen) atoms. The molecule has 1 aromatic carbocycles. The highest BCUT2D eigenvalue weighted by Crippen LogP contribution is 2.34. The molecule has 1 aromatic heterocycles. The molecule has 0 atom stereocenters. The number of urea groups is 1. The maximum atomic E-state index is 12.6. The van der Waals surface area contributed by atoms with Crippen LogP contribution < -0.4 is 15.4 Å². The first kappa shape index (κ1) is 22.5. The largest absolute Gasteiger partial charge is 0.487 e. The van der Waals surface area contributed by atoms with Gasteiger partial charge in [-0.3, -0.25) is 19.5 Å². The van der Waals surface area contributed by atoms with Crippen LogP contribution in [0.3, 0.4) is 0 Å². The van der Waals surface area contributed by atoms with Crippen molar-refractivity contribution in [2.24, 2.45) is 0 Å². The Hall–Kier alpha value is -3.68. The molecule has 1 aliphatic carbocycles. The predicted octanol–water partition coefficient (Wildman–Crippen LogP) is 3.04. The highest BCUT2D eigenvalue weighted by atomic mass is 16.5. The third-order valence-corrected chi connectivity index (χ3v) is 5.98. The molecule has 1 saturated carbocycles. The van der Waals surface area contributed by atoms with E-state index in [4.69, 9.17) is 4.74 Å². The molecule has 0 unspecified atom stereocenters. The molecular weight excluding hydrogens is 420 g/mol. The third-order valence-electron chi connectivity index (χ3n) is 5.98. The van der Waals surface area contributed by atoms with E-state index in [1.807, 2.05) is 42.5 Å². The van der Waals surface area contributed by atoms with Crippen LogP contribution in [-0.2, 0) is 16.2 Å². The van der Waals surface area contributed by atoms with Crippen molar-refractivity contribution in [2.45, 2.75) is 44.2 Å². The van der Waals surface area contributed by atoms with E-state index in [1.54, 1.807) is 12.3 Å². The zero-order valence-corrected chi connectivity index (χ0v) is 18.5. The van der Waals surface area contributed by atoms with E-state index in [9.17, 15) is 14.4 Å². The molecule has 2 N–H and O–H groups in total. The Morgan fingerprint density at radius 2 is 1.94 bits per heavy atom. The van der Waals surface area contributed by atoms with Crippen molar-refractivity contribution >= 4 is 23.9 Å². The topological polar surface area (TPSA) is 101 Å². The molecule has 2 aliphatic rings. The van der Waals surface area contributed by atoms with Crippen molar-refractivity contribution in [3.05, 3.63) is 66.0 Å². The second-order valence-corrected chi connectivity index (χ2v) is 8.33. The van der Waals surface area contributed by atoms with E-state index >= 15 is 0 Å². The van der Waals surface area contributed by atoms with Gasteiger partial charge in [-0.25, -0.2) is 4.79 Å². The van der Waals surface area contributed by atoms with Crippen LogP contribution in [0.5, 0.6) is 5.75 Å². The number of hydrogen-bond acceptors (Lipinski definition) is 5. The monoisotopic (exact) mass is 448 g/mol. The smallest absolute Gasteiger partial charge is 0.325 e. The normalized spacial score (nSPS) is 17.0. The maximum Gasteiger partial charge on any atom is 0.325 e. The lowest BCUT2D eigenvalue weighted by atomic mass is 9.98. The minimum Gasteiger partial charge on any atom is -0.487 e. The number of aromatic nitrogens is 1. The summed E-state index contributed by atoms with van der Waals surface area (Å²) in [6.07, 6.45) is 8.78. The van der Waals surface area contributed by atoms with Gasteiger partial charge in [0.15, 0.2) is 0 Å². The molecule has 0 radical (unpaired) electrons. The van der Waals surface area contributed by atoms with Gasteiger partial charge >= 0.3 is 6.03 Å². The summed E-state index contributed by atoms with van der Waals surface area (Å²) in [5, 5.41) is 5.65. The molecule has 1 aliphatic heterocycles. The fourth-order valence-corrected chi connectivity index (χ4v) is 4.19. The molecule has 4 amide bonds. The maximum absolute atomic E-state index is 12.6. The molecule has 2 aromatic rings. The first-order chi connectivity index (χ1) is 16.1. The van der Waals surface area contributed by atoms with Gasteiger partial charge < -0.3 is 15.4 Å². The van der Waals surface area contributed by atoms with Gasteiger partial charge in [0.25, 0.3) is 5.91 Å². The molecular formula is C25H28N4O4. The first-order valence-corrected chi connectivity index (χ1v) is 11.3. The summed E-state index contributed by atoms with van der Waals surface area (Å²) < 4.78 is 5.70. The first-order valence-electron chi connectivity index (χ1n) is 11.3. The summed E-state index contributed by atoms with van der Waals surface area (Å²) in [6.45, 7) is 1.08. The van der Waals surface area contributed by atoms with E-state index in [0.29, 0.717) is 39.0 Å². The van der Waals surface area contributed by atoms with E-state index in [-0.39, 0.29) is 17.8 Å². The fourth-order valence-electron chi connectivity index (χ4n) is 4.19. The quantitative estimate of drug-likeness (QED) is 0.349. The van der Waals surface area contributed by atoms with Crippen LogP contribution in [0.15, 0.2) is 54.7 Å². The number of pyridine rings is 1. The van der Waals surface area contributed by atoms with Gasteiger partial charge in [0.1, 0.15) is 17.9 Å². The van der Waals surface area contributed by atoms with Crippen molar-refractivity contribution in [3.63, 3.8) is 0 Å². The standard InChI is InChI=1S/C25H28N4O4/c30-22(27-16-5-17-29-23(31)25(28-24(29)32)13-2-3-14-25)12-9-19-7-10-21(11-8-19)33-18-20-6-1-4-15-26-20/h1,4,6-12,15H,2-3,5,13-14,16-18H2,(H,27,30)(H,28,32)/b12-9+. The molecule has 8 heteroatoms. The van der Waals surface area contributed by atoms with Gasteiger partial charge in [-0.15, -0.1) is 0 Å². The number of carbonyl (C=O) groups is 3. The molecule has 1 spiro atoms. The van der Waals surface area contributed by atoms with Crippen molar-refractivity contribution in [2.75, 3.05) is 13.1 Å². The average Bonchev–Trinajstić information content (AvgIpc) is 3.40. The number of hydrogen-bond donors (Lipinski definition) is 2. The molecule has 172 valence electrons. The van der Waals surface area contributed by atoms with Crippen LogP contribution in [-0.4, -0.2) is 46.4 Å². The van der Waals surface area contributed by atoms with Gasteiger partial charge in [-0.1, -0.05) is 31.0 Å². The average molecular weight is 449 g/mol.